The fourth-order valence-corrected chi connectivity index (χ4v) is 2.59. The monoisotopic (exact) mass is 204 g/mol. The SMILES string of the molecule is CC(=O)N/N=C1\CCCS(=O)(=O)C1. The zero-order valence-electron chi connectivity index (χ0n) is 7.41. The van der Waals surface area contributed by atoms with Crippen LogP contribution in [0.5, 0.6) is 0 Å². The summed E-state index contributed by atoms with van der Waals surface area (Å²) in [7, 11) is -2.96. The Hall–Kier alpha value is -0.910. The van der Waals surface area contributed by atoms with Gasteiger partial charge >= 0.3 is 0 Å². The van der Waals surface area contributed by atoms with Crippen LogP contribution in [-0.4, -0.2) is 31.5 Å². The van der Waals surface area contributed by atoms with Gasteiger partial charge in [0.1, 0.15) is 0 Å². The highest BCUT2D eigenvalue weighted by Gasteiger charge is 2.20. The third kappa shape index (κ3) is 3.54. The fourth-order valence-electron chi connectivity index (χ4n) is 1.14. The zero-order chi connectivity index (χ0) is 9.90. The Morgan fingerprint density at radius 2 is 2.23 bits per heavy atom. The number of nitrogens with one attached hydrogen (secondary N) is 1. The molecule has 1 saturated heterocycles. The minimum absolute atomic E-state index is 0.0206. The van der Waals surface area contributed by atoms with Crippen molar-refractivity contribution in [2.24, 2.45) is 5.10 Å². The summed E-state index contributed by atoms with van der Waals surface area (Å²) in [5, 5.41) is 3.72. The summed E-state index contributed by atoms with van der Waals surface area (Å²) in [6.07, 6.45) is 1.25. The first-order valence-corrected chi connectivity index (χ1v) is 5.84. The first-order chi connectivity index (χ1) is 5.99. The average molecular weight is 204 g/mol. The van der Waals surface area contributed by atoms with E-state index >= 15 is 0 Å². The molecule has 74 valence electrons. The normalized spacial score (nSPS) is 24.2. The lowest BCUT2D eigenvalue weighted by Crippen LogP contribution is -2.27. The maximum atomic E-state index is 11.1. The molecule has 6 heteroatoms. The number of amides is 1. The van der Waals surface area contributed by atoms with Crippen molar-refractivity contribution in [2.45, 2.75) is 19.8 Å². The highest BCUT2D eigenvalue weighted by Crippen LogP contribution is 2.08. The van der Waals surface area contributed by atoms with Gasteiger partial charge in [-0.15, -0.1) is 0 Å². The predicted octanol–water partition coefficient (Wildman–Crippen LogP) is -0.313. The molecular weight excluding hydrogens is 192 g/mol. The minimum atomic E-state index is -2.96. The second-order valence-corrected chi connectivity index (χ2v) is 5.23. The fraction of sp³-hybridized carbons (Fsp3) is 0.714. The van der Waals surface area contributed by atoms with E-state index in [1.165, 1.54) is 6.92 Å². The summed E-state index contributed by atoms with van der Waals surface area (Å²) >= 11 is 0. The lowest BCUT2D eigenvalue weighted by molar-refractivity contribution is -0.118. The van der Waals surface area contributed by atoms with Crippen molar-refractivity contribution in [3.8, 4) is 0 Å². The van der Waals surface area contributed by atoms with Crippen molar-refractivity contribution in [3.63, 3.8) is 0 Å². The first-order valence-electron chi connectivity index (χ1n) is 4.02. The Morgan fingerprint density at radius 1 is 1.54 bits per heavy atom. The molecule has 1 amide bonds. The van der Waals surface area contributed by atoms with Crippen LogP contribution >= 0.6 is 0 Å². The first kappa shape index (κ1) is 10.2. The second kappa shape index (κ2) is 3.87. The number of hydrogen-bond acceptors (Lipinski definition) is 4. The number of carbonyl (C=O) groups is 1. The van der Waals surface area contributed by atoms with Crippen LogP contribution in [0, 0.1) is 0 Å². The van der Waals surface area contributed by atoms with E-state index in [-0.39, 0.29) is 17.4 Å². The third-order valence-corrected chi connectivity index (χ3v) is 3.36. The Balaban J connectivity index is 2.62. The molecule has 0 unspecified atom stereocenters. The molecule has 0 saturated carbocycles. The molecule has 0 atom stereocenters. The number of sulfone groups is 1. The molecule has 0 aromatic rings. The van der Waals surface area contributed by atoms with Gasteiger partial charge in [0.05, 0.1) is 17.2 Å². The number of rotatable bonds is 1. The van der Waals surface area contributed by atoms with E-state index in [4.69, 9.17) is 0 Å². The van der Waals surface area contributed by atoms with Gasteiger partial charge in [-0.1, -0.05) is 0 Å². The van der Waals surface area contributed by atoms with Crippen molar-refractivity contribution in [3.05, 3.63) is 0 Å². The molecular formula is C7H12N2O3S. The van der Waals surface area contributed by atoms with Crippen LogP contribution in [0.15, 0.2) is 5.10 Å². The molecule has 0 aromatic heterocycles. The Morgan fingerprint density at radius 3 is 2.77 bits per heavy atom. The summed E-state index contributed by atoms with van der Waals surface area (Å²) < 4.78 is 22.2. The van der Waals surface area contributed by atoms with Gasteiger partial charge in [0.25, 0.3) is 0 Å². The molecule has 1 aliphatic rings. The van der Waals surface area contributed by atoms with Crippen LogP contribution in [0.25, 0.3) is 0 Å². The van der Waals surface area contributed by atoms with E-state index in [2.05, 4.69) is 10.5 Å². The largest absolute Gasteiger partial charge is 0.274 e. The number of hydrogen-bond donors (Lipinski definition) is 1. The van der Waals surface area contributed by atoms with E-state index in [1.54, 1.807) is 0 Å². The molecule has 0 aliphatic carbocycles. The molecule has 1 fully saturated rings. The van der Waals surface area contributed by atoms with Crippen molar-refractivity contribution in [1.82, 2.24) is 5.43 Å². The predicted molar refractivity (Wildman–Crippen MR) is 49.1 cm³/mol. The number of nitrogens with zero attached hydrogens (tertiary/aromatic N) is 1. The molecule has 1 heterocycles. The van der Waals surface area contributed by atoms with Gasteiger partial charge in [-0.25, -0.2) is 13.8 Å². The van der Waals surface area contributed by atoms with Gasteiger partial charge in [-0.3, -0.25) is 4.79 Å². The van der Waals surface area contributed by atoms with Crippen LogP contribution in [0.2, 0.25) is 0 Å². The number of hydrazone groups is 1. The summed E-state index contributed by atoms with van der Waals surface area (Å²) in [6.45, 7) is 1.33. The Kier molecular flexibility index (Phi) is 3.02. The van der Waals surface area contributed by atoms with Crippen molar-refractivity contribution >= 4 is 21.5 Å². The van der Waals surface area contributed by atoms with Gasteiger partial charge in [0.15, 0.2) is 9.84 Å². The van der Waals surface area contributed by atoms with Gasteiger partial charge in [0, 0.05) is 6.92 Å². The minimum Gasteiger partial charge on any atom is -0.274 e. The van der Waals surface area contributed by atoms with E-state index in [9.17, 15) is 13.2 Å². The quantitative estimate of drug-likeness (QED) is 0.595. The Bertz CT molecular complexity index is 332. The summed E-state index contributed by atoms with van der Waals surface area (Å²) in [5.74, 6) is -0.0743. The maximum Gasteiger partial charge on any atom is 0.236 e. The molecule has 1 rings (SSSR count). The topological polar surface area (TPSA) is 75.6 Å². The summed E-state index contributed by atoms with van der Waals surface area (Å²) in [5.41, 5.74) is 2.78. The standard InChI is InChI=1S/C7H12N2O3S/c1-6(10)8-9-7-3-2-4-13(11,12)5-7/h2-5H2,1H3,(H,8,10)/b9-7+. The van der Waals surface area contributed by atoms with E-state index in [1.807, 2.05) is 0 Å². The summed E-state index contributed by atoms with van der Waals surface area (Å²) in [6, 6.07) is 0. The van der Waals surface area contributed by atoms with Crippen molar-refractivity contribution in [2.75, 3.05) is 11.5 Å². The van der Waals surface area contributed by atoms with Crippen LogP contribution in [-0.2, 0) is 14.6 Å². The molecule has 0 bridgehead atoms. The lowest BCUT2D eigenvalue weighted by atomic mass is 10.2. The van der Waals surface area contributed by atoms with Gasteiger partial charge in [0.2, 0.25) is 5.91 Å². The van der Waals surface area contributed by atoms with Crippen LogP contribution < -0.4 is 5.43 Å². The molecule has 0 radical (unpaired) electrons. The van der Waals surface area contributed by atoms with Gasteiger partial charge in [-0.05, 0) is 12.8 Å². The van der Waals surface area contributed by atoms with E-state index < -0.39 is 9.84 Å². The molecule has 5 nitrogen and oxygen atoms in total. The van der Waals surface area contributed by atoms with Crippen molar-refractivity contribution < 1.29 is 13.2 Å². The van der Waals surface area contributed by atoms with E-state index in [0.717, 1.165) is 0 Å². The average Bonchev–Trinajstić information content (AvgIpc) is 1.99. The van der Waals surface area contributed by atoms with Gasteiger partial charge in [-0.2, -0.15) is 5.10 Å². The Labute approximate surface area is 77.1 Å². The molecule has 1 aliphatic heterocycles. The zero-order valence-corrected chi connectivity index (χ0v) is 8.23. The van der Waals surface area contributed by atoms with E-state index in [0.29, 0.717) is 18.6 Å². The summed E-state index contributed by atoms with van der Waals surface area (Å²) in [4.78, 5) is 10.5. The highest BCUT2D eigenvalue weighted by atomic mass is 32.2. The number of carbonyl (C=O) groups excluding carboxylic acids is 1. The maximum absolute atomic E-state index is 11.1. The van der Waals surface area contributed by atoms with Crippen LogP contribution in [0.1, 0.15) is 19.8 Å². The van der Waals surface area contributed by atoms with Crippen LogP contribution in [0.4, 0.5) is 0 Å². The second-order valence-electron chi connectivity index (χ2n) is 3.04. The smallest absolute Gasteiger partial charge is 0.236 e. The molecule has 1 N–H and O–H groups in total. The lowest BCUT2D eigenvalue weighted by Gasteiger charge is -2.12. The van der Waals surface area contributed by atoms with Gasteiger partial charge < -0.3 is 0 Å². The third-order valence-electron chi connectivity index (χ3n) is 1.68. The highest BCUT2D eigenvalue weighted by molar-refractivity contribution is 7.92. The molecule has 0 spiro atoms. The van der Waals surface area contributed by atoms with Crippen LogP contribution in [0.3, 0.4) is 0 Å². The molecule has 0 aromatic carbocycles. The molecule has 13 heavy (non-hydrogen) atoms. The van der Waals surface area contributed by atoms with Crippen molar-refractivity contribution in [1.29, 1.82) is 0 Å².